The van der Waals surface area contributed by atoms with Crippen molar-refractivity contribution in [2.75, 3.05) is 0 Å². The number of benzene rings is 2. The largest absolute Gasteiger partial charge is 0.372 e. The highest BCUT2D eigenvalue weighted by Crippen LogP contribution is 2.23. The fraction of sp³-hybridized carbons (Fsp3) is 0.167. The Balaban J connectivity index is 1.53. The first-order valence-electron chi connectivity index (χ1n) is 7.92. The van der Waals surface area contributed by atoms with Gasteiger partial charge in [-0.15, -0.1) is 0 Å². The molecule has 0 saturated carbocycles. The van der Waals surface area contributed by atoms with Gasteiger partial charge in [-0.25, -0.2) is 13.1 Å². The highest BCUT2D eigenvalue weighted by molar-refractivity contribution is 9.10. The molecule has 0 unspecified atom stereocenters. The van der Waals surface area contributed by atoms with Crippen molar-refractivity contribution in [3.8, 4) is 0 Å². The molecule has 1 N–H and O–H groups in total. The third-order valence-electron chi connectivity index (χ3n) is 4.30. The van der Waals surface area contributed by atoms with Crippen LogP contribution in [-0.2, 0) is 39.3 Å². The second kappa shape index (κ2) is 6.53. The maximum Gasteiger partial charge on any atom is 0.264 e. The fourth-order valence-corrected chi connectivity index (χ4v) is 4.43. The molecule has 134 valence electrons. The topological polar surface area (TPSA) is 77.4 Å². The summed E-state index contributed by atoms with van der Waals surface area (Å²) in [6.07, 6.45) is 1.76. The molecule has 0 spiro atoms. The van der Waals surface area contributed by atoms with E-state index < -0.39 is 15.9 Å². The maximum atomic E-state index is 12.5. The van der Waals surface area contributed by atoms with Crippen LogP contribution >= 0.6 is 15.9 Å². The standard InChI is InChI=1S/C18H15BrN2O4S/c19-15-2-4-17-12(7-15)5-6-21(17)9-18(22)20-26(23,24)16-3-1-13-10-25-11-14(13)8-16/h1-8H,9-11H2,(H,20,22). The van der Waals surface area contributed by atoms with Gasteiger partial charge in [0.2, 0.25) is 0 Å². The van der Waals surface area contributed by atoms with Crippen LogP contribution in [0.5, 0.6) is 0 Å². The quantitative estimate of drug-likeness (QED) is 0.684. The van der Waals surface area contributed by atoms with Crippen LogP contribution in [0.25, 0.3) is 10.9 Å². The highest BCUT2D eigenvalue weighted by atomic mass is 79.9. The maximum absolute atomic E-state index is 12.5. The number of nitrogens with one attached hydrogen (secondary N) is 1. The van der Waals surface area contributed by atoms with Gasteiger partial charge in [0.05, 0.1) is 18.1 Å². The van der Waals surface area contributed by atoms with Gasteiger partial charge < -0.3 is 9.30 Å². The van der Waals surface area contributed by atoms with Gasteiger partial charge in [-0.05, 0) is 47.5 Å². The lowest BCUT2D eigenvalue weighted by Crippen LogP contribution is -2.33. The molecule has 1 aromatic heterocycles. The van der Waals surface area contributed by atoms with Crippen molar-refractivity contribution >= 4 is 42.8 Å². The average Bonchev–Trinajstić information content (AvgIpc) is 3.20. The van der Waals surface area contributed by atoms with Gasteiger partial charge >= 0.3 is 0 Å². The normalized spacial score (nSPS) is 13.7. The minimum atomic E-state index is -3.92. The summed E-state index contributed by atoms with van der Waals surface area (Å²) in [6.45, 7) is 0.787. The predicted octanol–water partition coefficient (Wildman–Crippen LogP) is 2.94. The number of ether oxygens (including phenoxy) is 1. The molecule has 3 aromatic rings. The van der Waals surface area contributed by atoms with E-state index in [0.717, 1.165) is 26.5 Å². The monoisotopic (exact) mass is 434 g/mol. The van der Waals surface area contributed by atoms with Crippen molar-refractivity contribution in [3.63, 3.8) is 0 Å². The lowest BCUT2D eigenvalue weighted by atomic mass is 10.1. The summed E-state index contributed by atoms with van der Waals surface area (Å²) in [7, 11) is -3.92. The van der Waals surface area contributed by atoms with Gasteiger partial charge in [-0.2, -0.15) is 0 Å². The summed E-state index contributed by atoms with van der Waals surface area (Å²) in [6, 6.07) is 12.3. The van der Waals surface area contributed by atoms with Crippen molar-refractivity contribution in [2.24, 2.45) is 0 Å². The number of carbonyl (C=O) groups excluding carboxylic acids is 1. The summed E-state index contributed by atoms with van der Waals surface area (Å²) in [4.78, 5) is 12.4. The number of nitrogens with zero attached hydrogens (tertiary/aromatic N) is 1. The predicted molar refractivity (Wildman–Crippen MR) is 99.9 cm³/mol. The Morgan fingerprint density at radius 3 is 2.77 bits per heavy atom. The zero-order valence-electron chi connectivity index (χ0n) is 13.6. The van der Waals surface area contributed by atoms with E-state index in [-0.39, 0.29) is 11.4 Å². The first kappa shape index (κ1) is 17.3. The lowest BCUT2D eigenvalue weighted by molar-refractivity contribution is -0.119. The molecule has 2 aromatic carbocycles. The Morgan fingerprint density at radius 2 is 1.92 bits per heavy atom. The van der Waals surface area contributed by atoms with Gasteiger partial charge in [0, 0.05) is 21.6 Å². The molecule has 1 aliphatic rings. The first-order valence-corrected chi connectivity index (χ1v) is 10.2. The number of hydrogen-bond acceptors (Lipinski definition) is 4. The average molecular weight is 435 g/mol. The van der Waals surface area contributed by atoms with Crippen molar-refractivity contribution in [1.82, 2.24) is 9.29 Å². The molecule has 1 amide bonds. The molecule has 0 aliphatic carbocycles. The molecule has 4 rings (SSSR count). The summed E-state index contributed by atoms with van der Waals surface area (Å²) in [5, 5.41) is 0.966. The van der Waals surface area contributed by atoms with Crippen LogP contribution < -0.4 is 4.72 Å². The Hall–Kier alpha value is -2.16. The van der Waals surface area contributed by atoms with Crippen LogP contribution in [0.1, 0.15) is 11.1 Å². The van der Waals surface area contributed by atoms with E-state index in [1.807, 2.05) is 24.3 Å². The Kier molecular flexibility index (Phi) is 4.34. The van der Waals surface area contributed by atoms with E-state index in [9.17, 15) is 13.2 Å². The Bertz CT molecular complexity index is 1120. The second-order valence-electron chi connectivity index (χ2n) is 6.10. The molecule has 0 saturated heterocycles. The van der Waals surface area contributed by atoms with Crippen LogP contribution in [-0.4, -0.2) is 18.9 Å². The summed E-state index contributed by atoms with van der Waals surface area (Å²) < 4.78 is 35.1. The second-order valence-corrected chi connectivity index (χ2v) is 8.70. The molecule has 6 nitrogen and oxygen atoms in total. The Morgan fingerprint density at radius 1 is 1.12 bits per heavy atom. The van der Waals surface area contributed by atoms with Crippen LogP contribution in [0.4, 0.5) is 0 Å². The minimum Gasteiger partial charge on any atom is -0.372 e. The number of fused-ring (bicyclic) bond motifs is 2. The Labute approximate surface area is 158 Å². The summed E-state index contributed by atoms with van der Waals surface area (Å²) in [5.74, 6) is -0.595. The third-order valence-corrected chi connectivity index (χ3v) is 6.16. The SMILES string of the molecule is O=C(Cn1ccc2cc(Br)ccc21)NS(=O)(=O)c1ccc2c(c1)COC2. The molecule has 1 aliphatic heterocycles. The van der Waals surface area contributed by atoms with Gasteiger partial charge in [-0.1, -0.05) is 22.0 Å². The van der Waals surface area contributed by atoms with Gasteiger partial charge in [0.1, 0.15) is 6.54 Å². The molecule has 8 heteroatoms. The zero-order chi connectivity index (χ0) is 18.3. The number of amides is 1. The molecule has 2 heterocycles. The van der Waals surface area contributed by atoms with Crippen LogP contribution in [0.2, 0.25) is 0 Å². The summed E-state index contributed by atoms with van der Waals surface area (Å²) >= 11 is 3.40. The zero-order valence-corrected chi connectivity index (χ0v) is 16.0. The smallest absolute Gasteiger partial charge is 0.264 e. The van der Waals surface area contributed by atoms with E-state index in [0.29, 0.717) is 13.2 Å². The van der Waals surface area contributed by atoms with E-state index in [4.69, 9.17) is 4.74 Å². The van der Waals surface area contributed by atoms with Crippen molar-refractivity contribution < 1.29 is 17.9 Å². The van der Waals surface area contributed by atoms with E-state index >= 15 is 0 Å². The molecular weight excluding hydrogens is 420 g/mol. The molecule has 0 radical (unpaired) electrons. The van der Waals surface area contributed by atoms with E-state index in [1.165, 1.54) is 6.07 Å². The van der Waals surface area contributed by atoms with Gasteiger partial charge in [-0.3, -0.25) is 4.79 Å². The molecular formula is C18H15BrN2O4S. The minimum absolute atomic E-state index is 0.0661. The van der Waals surface area contributed by atoms with Crippen molar-refractivity contribution in [3.05, 3.63) is 64.3 Å². The molecule has 0 atom stereocenters. The van der Waals surface area contributed by atoms with E-state index in [1.54, 1.807) is 22.9 Å². The number of carbonyl (C=O) groups is 1. The fourth-order valence-electron chi connectivity index (χ4n) is 3.02. The summed E-state index contributed by atoms with van der Waals surface area (Å²) in [5.41, 5.74) is 2.66. The highest BCUT2D eigenvalue weighted by Gasteiger charge is 2.21. The number of sulfonamides is 1. The van der Waals surface area contributed by atoms with Crippen LogP contribution in [0.3, 0.4) is 0 Å². The van der Waals surface area contributed by atoms with Crippen molar-refractivity contribution in [2.45, 2.75) is 24.7 Å². The molecule has 26 heavy (non-hydrogen) atoms. The van der Waals surface area contributed by atoms with Gasteiger partial charge in [0.15, 0.2) is 0 Å². The van der Waals surface area contributed by atoms with Crippen LogP contribution in [0, 0.1) is 0 Å². The van der Waals surface area contributed by atoms with E-state index in [2.05, 4.69) is 20.7 Å². The third kappa shape index (κ3) is 3.27. The number of hydrogen-bond donors (Lipinski definition) is 1. The van der Waals surface area contributed by atoms with Crippen molar-refractivity contribution in [1.29, 1.82) is 0 Å². The number of rotatable bonds is 4. The number of aromatic nitrogens is 1. The van der Waals surface area contributed by atoms with Gasteiger partial charge in [0.25, 0.3) is 15.9 Å². The van der Waals surface area contributed by atoms with Crippen LogP contribution in [0.15, 0.2) is 58.0 Å². The molecule has 0 bridgehead atoms. The molecule has 0 fully saturated rings. The lowest BCUT2D eigenvalue weighted by Gasteiger charge is -2.09. The number of halogens is 1. The first-order chi connectivity index (χ1) is 12.4.